The first-order valence-corrected chi connectivity index (χ1v) is 11.3. The van der Waals surface area contributed by atoms with Crippen molar-refractivity contribution in [1.29, 1.82) is 0 Å². The van der Waals surface area contributed by atoms with Crippen molar-refractivity contribution < 1.29 is 17.9 Å². The molecule has 0 aliphatic carbocycles. The Morgan fingerprint density at radius 1 is 0.968 bits per heavy atom. The number of hydrogen-bond donors (Lipinski definition) is 1. The molecule has 162 valence electrons. The zero-order chi connectivity index (χ0) is 22.6. The smallest absolute Gasteiger partial charge is 0.252 e. The van der Waals surface area contributed by atoms with Crippen LogP contribution in [0.5, 0.6) is 5.75 Å². The minimum absolute atomic E-state index is 0.0556. The van der Waals surface area contributed by atoms with E-state index in [1.54, 1.807) is 7.11 Å². The minimum atomic E-state index is -3.80. The number of amides is 1. The van der Waals surface area contributed by atoms with Gasteiger partial charge in [0.25, 0.3) is 5.91 Å². The van der Waals surface area contributed by atoms with Gasteiger partial charge in [0.15, 0.2) is 0 Å². The monoisotopic (exact) mass is 458 g/mol. The van der Waals surface area contributed by atoms with E-state index in [1.807, 2.05) is 54.6 Å². The Morgan fingerprint density at radius 2 is 1.58 bits per heavy atom. The van der Waals surface area contributed by atoms with Gasteiger partial charge in [-0.1, -0.05) is 54.1 Å². The number of carbonyl (C=O) groups is 1. The molecule has 1 amide bonds. The van der Waals surface area contributed by atoms with Crippen molar-refractivity contribution in [2.75, 3.05) is 21.2 Å². The molecule has 1 atom stereocenters. The van der Waals surface area contributed by atoms with E-state index < -0.39 is 22.0 Å². The van der Waals surface area contributed by atoms with Gasteiger partial charge >= 0.3 is 0 Å². The van der Waals surface area contributed by atoms with Gasteiger partial charge in [0.1, 0.15) is 10.6 Å². The highest BCUT2D eigenvalue weighted by Gasteiger charge is 2.24. The molecule has 0 radical (unpaired) electrons. The van der Waals surface area contributed by atoms with Crippen molar-refractivity contribution >= 4 is 27.5 Å². The average molecular weight is 459 g/mol. The second-order valence-electron chi connectivity index (χ2n) is 7.02. The predicted octanol–water partition coefficient (Wildman–Crippen LogP) is 4.12. The normalized spacial score (nSPS) is 12.4. The zero-order valence-electron chi connectivity index (χ0n) is 17.4. The number of ether oxygens (including phenoxy) is 1. The molecule has 0 heterocycles. The van der Waals surface area contributed by atoms with Crippen LogP contribution in [0.2, 0.25) is 5.02 Å². The standard InChI is InChI=1S/C23H23ClN2O4S/c1-26(2)31(28,29)21-15-18(11-14-20(21)24)23(27)25-22(16-7-5-4-6-8-16)17-9-12-19(30-3)13-10-17/h4-15,22H,1-3H3,(H,25,27). The number of sulfonamides is 1. The molecule has 31 heavy (non-hydrogen) atoms. The molecule has 1 unspecified atom stereocenters. The van der Waals surface area contributed by atoms with E-state index in [4.69, 9.17) is 16.3 Å². The van der Waals surface area contributed by atoms with Crippen LogP contribution >= 0.6 is 11.6 Å². The van der Waals surface area contributed by atoms with Crippen molar-refractivity contribution in [3.8, 4) is 5.75 Å². The molecule has 1 N–H and O–H groups in total. The fraction of sp³-hybridized carbons (Fsp3) is 0.174. The lowest BCUT2D eigenvalue weighted by Gasteiger charge is -2.21. The average Bonchev–Trinajstić information content (AvgIpc) is 2.78. The summed E-state index contributed by atoms with van der Waals surface area (Å²) in [6.07, 6.45) is 0. The summed E-state index contributed by atoms with van der Waals surface area (Å²) in [6, 6.07) is 20.7. The summed E-state index contributed by atoms with van der Waals surface area (Å²) < 4.78 is 31.4. The summed E-state index contributed by atoms with van der Waals surface area (Å²) in [5.41, 5.74) is 1.94. The van der Waals surface area contributed by atoms with Crippen molar-refractivity contribution in [2.24, 2.45) is 0 Å². The number of benzene rings is 3. The SMILES string of the molecule is COc1ccc(C(NC(=O)c2ccc(Cl)c(S(=O)(=O)N(C)C)c2)c2ccccc2)cc1. The lowest BCUT2D eigenvalue weighted by Crippen LogP contribution is -2.30. The summed E-state index contributed by atoms with van der Waals surface area (Å²) in [5, 5.41) is 3.06. The molecule has 0 spiro atoms. The zero-order valence-corrected chi connectivity index (χ0v) is 18.9. The molecule has 8 heteroatoms. The molecule has 0 bridgehead atoms. The van der Waals surface area contributed by atoms with E-state index >= 15 is 0 Å². The molecule has 0 saturated heterocycles. The number of rotatable bonds is 7. The van der Waals surface area contributed by atoms with Crippen LogP contribution in [0.25, 0.3) is 0 Å². The van der Waals surface area contributed by atoms with Crippen LogP contribution in [0, 0.1) is 0 Å². The number of methoxy groups -OCH3 is 1. The summed E-state index contributed by atoms with van der Waals surface area (Å²) >= 11 is 6.11. The molecule has 3 aromatic carbocycles. The summed E-state index contributed by atoms with van der Waals surface area (Å²) in [4.78, 5) is 13.0. The van der Waals surface area contributed by atoms with Gasteiger partial charge in [0.05, 0.1) is 18.2 Å². The van der Waals surface area contributed by atoms with E-state index in [0.29, 0.717) is 5.75 Å². The maximum absolute atomic E-state index is 13.1. The number of nitrogens with one attached hydrogen (secondary N) is 1. The van der Waals surface area contributed by atoms with Gasteiger partial charge in [-0.15, -0.1) is 0 Å². The Kier molecular flexibility index (Phi) is 7.00. The Balaban J connectivity index is 1.98. The highest BCUT2D eigenvalue weighted by atomic mass is 35.5. The highest BCUT2D eigenvalue weighted by molar-refractivity contribution is 7.89. The number of nitrogens with zero attached hydrogens (tertiary/aromatic N) is 1. The van der Waals surface area contributed by atoms with Crippen LogP contribution in [-0.2, 0) is 10.0 Å². The third-order valence-corrected chi connectivity index (χ3v) is 7.11. The fourth-order valence-corrected chi connectivity index (χ4v) is 4.45. The third-order valence-electron chi connectivity index (χ3n) is 4.81. The Bertz CT molecular complexity index is 1160. The lowest BCUT2D eigenvalue weighted by atomic mass is 9.98. The van der Waals surface area contributed by atoms with Crippen LogP contribution in [0.3, 0.4) is 0 Å². The van der Waals surface area contributed by atoms with Gasteiger partial charge in [0.2, 0.25) is 10.0 Å². The van der Waals surface area contributed by atoms with Gasteiger partial charge in [-0.3, -0.25) is 4.79 Å². The van der Waals surface area contributed by atoms with Crippen LogP contribution in [0.15, 0.2) is 77.7 Å². The third kappa shape index (κ3) is 5.07. The molecule has 0 aliphatic heterocycles. The second kappa shape index (κ2) is 9.51. The number of carbonyl (C=O) groups excluding carboxylic acids is 1. The molecule has 3 aromatic rings. The molecular weight excluding hydrogens is 436 g/mol. The summed E-state index contributed by atoms with van der Waals surface area (Å²) in [5.74, 6) is 0.287. The summed E-state index contributed by atoms with van der Waals surface area (Å²) in [6.45, 7) is 0. The molecule has 3 rings (SSSR count). The van der Waals surface area contributed by atoms with Crippen molar-refractivity contribution in [1.82, 2.24) is 9.62 Å². The quantitative estimate of drug-likeness (QED) is 0.578. The number of halogens is 1. The molecule has 0 aromatic heterocycles. The summed E-state index contributed by atoms with van der Waals surface area (Å²) in [7, 11) is 0.613. The van der Waals surface area contributed by atoms with E-state index in [2.05, 4.69) is 5.32 Å². The van der Waals surface area contributed by atoms with Crippen molar-refractivity contribution in [2.45, 2.75) is 10.9 Å². The van der Waals surface area contributed by atoms with Gasteiger partial charge in [-0.25, -0.2) is 12.7 Å². The maximum atomic E-state index is 13.1. The number of hydrogen-bond acceptors (Lipinski definition) is 4. The van der Waals surface area contributed by atoms with Crippen LogP contribution in [-0.4, -0.2) is 39.8 Å². The Hall–Kier alpha value is -2.87. The molecule has 0 fully saturated rings. The Morgan fingerprint density at radius 3 is 2.16 bits per heavy atom. The molecule has 6 nitrogen and oxygen atoms in total. The van der Waals surface area contributed by atoms with Gasteiger partial charge < -0.3 is 10.1 Å². The maximum Gasteiger partial charge on any atom is 0.252 e. The topological polar surface area (TPSA) is 75.7 Å². The van der Waals surface area contributed by atoms with Crippen LogP contribution in [0.4, 0.5) is 0 Å². The van der Waals surface area contributed by atoms with E-state index in [1.165, 1.54) is 32.3 Å². The van der Waals surface area contributed by atoms with Crippen LogP contribution in [0.1, 0.15) is 27.5 Å². The van der Waals surface area contributed by atoms with Crippen molar-refractivity contribution in [3.05, 3.63) is 94.5 Å². The van der Waals surface area contributed by atoms with Gasteiger partial charge in [-0.2, -0.15) is 0 Å². The van der Waals surface area contributed by atoms with E-state index in [0.717, 1.165) is 15.4 Å². The second-order valence-corrected chi connectivity index (χ2v) is 9.55. The van der Waals surface area contributed by atoms with Gasteiger partial charge in [-0.05, 0) is 41.5 Å². The van der Waals surface area contributed by atoms with Crippen molar-refractivity contribution in [3.63, 3.8) is 0 Å². The first-order chi connectivity index (χ1) is 14.7. The largest absolute Gasteiger partial charge is 0.497 e. The predicted molar refractivity (Wildman–Crippen MR) is 121 cm³/mol. The van der Waals surface area contributed by atoms with E-state index in [-0.39, 0.29) is 15.5 Å². The fourth-order valence-electron chi connectivity index (χ4n) is 3.05. The van der Waals surface area contributed by atoms with E-state index in [9.17, 15) is 13.2 Å². The first kappa shape index (κ1) is 22.8. The highest BCUT2D eigenvalue weighted by Crippen LogP contribution is 2.27. The van der Waals surface area contributed by atoms with Crippen LogP contribution < -0.4 is 10.1 Å². The van der Waals surface area contributed by atoms with Gasteiger partial charge in [0, 0.05) is 19.7 Å². The lowest BCUT2D eigenvalue weighted by molar-refractivity contribution is 0.0942. The molecule has 0 saturated carbocycles. The molecule has 0 aliphatic rings. The minimum Gasteiger partial charge on any atom is -0.497 e. The molecular formula is C23H23ClN2O4S. The Labute approximate surface area is 187 Å². The first-order valence-electron chi connectivity index (χ1n) is 9.46.